The van der Waals surface area contributed by atoms with Crippen molar-refractivity contribution in [2.45, 2.75) is 31.1 Å². The number of rotatable bonds is 8. The molecule has 9 heteroatoms. The molecule has 182 valence electrons. The molecule has 3 aromatic rings. The zero-order valence-electron chi connectivity index (χ0n) is 19.8. The summed E-state index contributed by atoms with van der Waals surface area (Å²) in [7, 11) is -0.289. The zero-order chi connectivity index (χ0) is 24.8. The molecule has 0 N–H and O–H groups in total. The maximum Gasteiger partial charge on any atom is 0.217 e. The van der Waals surface area contributed by atoms with Crippen LogP contribution in [0.15, 0.2) is 54.7 Å². The first-order valence-corrected chi connectivity index (χ1v) is 13.0. The highest BCUT2D eigenvalue weighted by Crippen LogP contribution is 2.27. The van der Waals surface area contributed by atoms with Crippen LogP contribution in [0.2, 0.25) is 0 Å². The first-order chi connectivity index (χ1) is 16.8. The number of ether oxygens (including phenoxy) is 2. The lowest BCUT2D eigenvalue weighted by atomic mass is 10.1. The Labute approximate surface area is 206 Å². The molecule has 35 heavy (non-hydrogen) atoms. The maximum atomic E-state index is 12.2. The summed E-state index contributed by atoms with van der Waals surface area (Å²) in [5.74, 6) is 1.12. The lowest BCUT2D eigenvalue weighted by molar-refractivity contribution is 0.0254. The van der Waals surface area contributed by atoms with Crippen molar-refractivity contribution in [1.82, 2.24) is 14.3 Å². The second kappa shape index (κ2) is 11.0. The molecule has 0 spiro atoms. The van der Waals surface area contributed by atoms with E-state index in [1.54, 1.807) is 24.4 Å². The Morgan fingerprint density at radius 3 is 2.63 bits per heavy atom. The fourth-order valence-corrected chi connectivity index (χ4v) is 4.71. The van der Waals surface area contributed by atoms with Gasteiger partial charge in [-0.3, -0.25) is 0 Å². The Bertz CT molecular complexity index is 1330. The summed E-state index contributed by atoms with van der Waals surface area (Å²) >= 11 is 0. The van der Waals surface area contributed by atoms with Crippen molar-refractivity contribution in [1.29, 1.82) is 5.26 Å². The normalized spacial score (nSPS) is 14.6. The van der Waals surface area contributed by atoms with Crippen LogP contribution in [0, 0.1) is 11.3 Å². The van der Waals surface area contributed by atoms with Gasteiger partial charge < -0.3 is 9.47 Å². The third-order valence-corrected chi connectivity index (χ3v) is 7.63. The molecule has 0 unspecified atom stereocenters. The molecule has 2 heterocycles. The van der Waals surface area contributed by atoms with Gasteiger partial charge in [-0.2, -0.15) is 5.26 Å². The van der Waals surface area contributed by atoms with Gasteiger partial charge >= 0.3 is 0 Å². The first-order valence-electron chi connectivity index (χ1n) is 11.4. The predicted octanol–water partition coefficient (Wildman–Crippen LogP) is 3.56. The molecular formula is C26H28N4O4S. The first kappa shape index (κ1) is 24.8. The molecule has 0 aliphatic carbocycles. The van der Waals surface area contributed by atoms with Crippen molar-refractivity contribution >= 4 is 10.0 Å². The van der Waals surface area contributed by atoms with Crippen LogP contribution in [0.4, 0.5) is 0 Å². The summed E-state index contributed by atoms with van der Waals surface area (Å²) in [6, 6.07) is 17.0. The van der Waals surface area contributed by atoms with E-state index in [-0.39, 0.29) is 11.9 Å². The average molecular weight is 493 g/mol. The van der Waals surface area contributed by atoms with Crippen molar-refractivity contribution in [3.63, 3.8) is 0 Å². The molecule has 0 radical (unpaired) electrons. The minimum atomic E-state index is -3.34. The summed E-state index contributed by atoms with van der Waals surface area (Å²) < 4.78 is 37.1. The van der Waals surface area contributed by atoms with Crippen LogP contribution in [0.3, 0.4) is 0 Å². The molecule has 0 amide bonds. The van der Waals surface area contributed by atoms with Gasteiger partial charge in [0.1, 0.15) is 23.7 Å². The molecule has 0 saturated carbocycles. The van der Waals surface area contributed by atoms with Crippen LogP contribution in [0.5, 0.6) is 5.75 Å². The molecule has 8 nitrogen and oxygen atoms in total. The molecule has 4 rings (SSSR count). The monoisotopic (exact) mass is 492 g/mol. The van der Waals surface area contributed by atoms with E-state index in [1.807, 2.05) is 30.3 Å². The summed E-state index contributed by atoms with van der Waals surface area (Å²) in [5, 5.41) is 9.68. The number of sulfonamides is 1. The summed E-state index contributed by atoms with van der Waals surface area (Å²) in [4.78, 5) is 9.08. The van der Waals surface area contributed by atoms with E-state index in [0.717, 1.165) is 24.0 Å². The number of hydrogen-bond donors (Lipinski definition) is 0. The highest BCUT2D eigenvalue weighted by molar-refractivity contribution is 7.88. The van der Waals surface area contributed by atoms with Gasteiger partial charge in [0.05, 0.1) is 30.2 Å². The van der Waals surface area contributed by atoms with Gasteiger partial charge in [0.25, 0.3) is 0 Å². The largest absolute Gasteiger partial charge is 0.489 e. The topological polar surface area (TPSA) is 105 Å². The number of benzene rings is 2. The summed E-state index contributed by atoms with van der Waals surface area (Å²) in [5.41, 5.74) is 3.60. The van der Waals surface area contributed by atoms with Crippen molar-refractivity contribution < 1.29 is 17.9 Å². The highest BCUT2D eigenvalue weighted by Gasteiger charge is 2.18. The Balaban J connectivity index is 1.51. The fourth-order valence-electron chi connectivity index (χ4n) is 3.85. The van der Waals surface area contributed by atoms with Gasteiger partial charge in [0.15, 0.2) is 0 Å². The van der Waals surface area contributed by atoms with E-state index >= 15 is 0 Å². The summed E-state index contributed by atoms with van der Waals surface area (Å²) in [6.07, 6.45) is 3.82. The van der Waals surface area contributed by atoms with Crippen LogP contribution in [0.1, 0.15) is 35.4 Å². The quantitative estimate of drug-likeness (QED) is 0.473. The van der Waals surface area contributed by atoms with Gasteiger partial charge in [-0.05, 0) is 35.4 Å². The third-order valence-electron chi connectivity index (χ3n) is 5.82. The smallest absolute Gasteiger partial charge is 0.217 e. The number of aromatic nitrogens is 2. The van der Waals surface area contributed by atoms with E-state index in [2.05, 4.69) is 16.0 Å². The second-order valence-electron chi connectivity index (χ2n) is 8.65. The Morgan fingerprint density at radius 2 is 1.89 bits per heavy atom. The van der Waals surface area contributed by atoms with E-state index in [4.69, 9.17) is 9.47 Å². The van der Waals surface area contributed by atoms with E-state index in [1.165, 1.54) is 18.4 Å². The van der Waals surface area contributed by atoms with E-state index in [9.17, 15) is 13.7 Å². The SMILES string of the molecule is CN(C)S(=O)(=O)Cc1cccc(Cc2nccc(-c3ccc(OC4CCOCC4)c(C#N)c3)n2)c1. The van der Waals surface area contributed by atoms with Crippen molar-refractivity contribution in [3.8, 4) is 23.1 Å². The van der Waals surface area contributed by atoms with E-state index in [0.29, 0.717) is 48.0 Å². The van der Waals surface area contributed by atoms with Crippen LogP contribution >= 0.6 is 0 Å². The minimum absolute atomic E-state index is 0.0517. The Kier molecular flexibility index (Phi) is 7.76. The molecule has 1 aliphatic rings. The molecule has 0 atom stereocenters. The van der Waals surface area contributed by atoms with Gasteiger partial charge in [0.2, 0.25) is 10.0 Å². The highest BCUT2D eigenvalue weighted by atomic mass is 32.2. The lowest BCUT2D eigenvalue weighted by Gasteiger charge is -2.23. The fraction of sp³-hybridized carbons (Fsp3) is 0.346. The van der Waals surface area contributed by atoms with Crippen molar-refractivity contribution in [2.75, 3.05) is 27.3 Å². The van der Waals surface area contributed by atoms with Crippen molar-refractivity contribution in [3.05, 3.63) is 77.2 Å². The second-order valence-corrected chi connectivity index (χ2v) is 10.8. The number of nitriles is 1. The lowest BCUT2D eigenvalue weighted by Crippen LogP contribution is -2.26. The molecule has 2 aromatic carbocycles. The van der Waals surface area contributed by atoms with Crippen LogP contribution in [0.25, 0.3) is 11.3 Å². The third kappa shape index (κ3) is 6.42. The van der Waals surface area contributed by atoms with Crippen LogP contribution < -0.4 is 4.74 Å². The Hall–Kier alpha value is -3.32. The molecule has 1 aliphatic heterocycles. The predicted molar refractivity (Wildman–Crippen MR) is 132 cm³/mol. The van der Waals surface area contributed by atoms with Gasteiger partial charge in [-0.15, -0.1) is 0 Å². The van der Waals surface area contributed by atoms with Gasteiger partial charge in [-0.25, -0.2) is 22.7 Å². The Morgan fingerprint density at radius 1 is 1.11 bits per heavy atom. The number of nitrogens with zero attached hydrogens (tertiary/aromatic N) is 4. The van der Waals surface area contributed by atoms with Gasteiger partial charge in [-0.1, -0.05) is 24.3 Å². The zero-order valence-corrected chi connectivity index (χ0v) is 20.7. The molecular weight excluding hydrogens is 464 g/mol. The van der Waals surface area contributed by atoms with Gasteiger partial charge in [0, 0.05) is 45.1 Å². The maximum absolute atomic E-state index is 12.2. The van der Waals surface area contributed by atoms with Crippen LogP contribution in [-0.2, 0) is 26.9 Å². The molecule has 0 bridgehead atoms. The molecule has 1 saturated heterocycles. The van der Waals surface area contributed by atoms with Crippen molar-refractivity contribution in [2.24, 2.45) is 0 Å². The van der Waals surface area contributed by atoms with E-state index < -0.39 is 10.0 Å². The molecule has 1 fully saturated rings. The summed E-state index contributed by atoms with van der Waals surface area (Å²) in [6.45, 7) is 1.34. The molecule has 1 aromatic heterocycles. The number of hydrogen-bond acceptors (Lipinski definition) is 7. The average Bonchev–Trinajstić information content (AvgIpc) is 2.85. The van der Waals surface area contributed by atoms with Crippen LogP contribution in [-0.4, -0.2) is 56.1 Å². The standard InChI is InChI=1S/C26H28N4O4S/c1-30(2)35(31,32)18-20-5-3-4-19(14-20)15-26-28-11-8-24(29-26)21-6-7-25(22(16-21)17-27)34-23-9-12-33-13-10-23/h3-8,11,14,16,23H,9-10,12-13,15,18H2,1-2H3. The minimum Gasteiger partial charge on any atom is -0.489 e.